The molecule has 2 fully saturated rings. The normalized spacial score (nSPS) is 21.9. The standard InChI is InChI=1S/C15H20F2N2O/c16-11-8-12(17)15(14(20)9-11)13(7-10-1-2-10)19-5-3-18-4-6-19/h8-10,13,18,20H,1-7H2/t13-/m0/s1. The van der Waals surface area contributed by atoms with Gasteiger partial charge < -0.3 is 10.4 Å². The number of hydrogen-bond donors (Lipinski definition) is 2. The number of nitrogens with zero attached hydrogens (tertiary/aromatic N) is 1. The second-order valence-electron chi connectivity index (χ2n) is 5.80. The van der Waals surface area contributed by atoms with Crippen LogP contribution < -0.4 is 5.32 Å². The largest absolute Gasteiger partial charge is 0.507 e. The maximum Gasteiger partial charge on any atom is 0.134 e. The molecule has 0 unspecified atom stereocenters. The molecule has 1 atom stereocenters. The van der Waals surface area contributed by atoms with Crippen molar-refractivity contribution in [2.24, 2.45) is 5.92 Å². The molecule has 20 heavy (non-hydrogen) atoms. The van der Waals surface area contributed by atoms with Crippen LogP contribution in [0.5, 0.6) is 5.75 Å². The Kier molecular flexibility index (Phi) is 3.89. The van der Waals surface area contributed by atoms with Gasteiger partial charge in [-0.25, -0.2) is 8.78 Å². The minimum absolute atomic E-state index is 0.148. The first-order valence-electron chi connectivity index (χ1n) is 7.28. The third kappa shape index (κ3) is 2.94. The molecule has 3 nitrogen and oxygen atoms in total. The van der Waals surface area contributed by atoms with Gasteiger partial charge in [-0.2, -0.15) is 0 Å². The number of piperazine rings is 1. The smallest absolute Gasteiger partial charge is 0.134 e. The molecule has 2 aliphatic rings. The number of halogens is 2. The highest BCUT2D eigenvalue weighted by atomic mass is 19.1. The Hall–Kier alpha value is -1.20. The zero-order chi connectivity index (χ0) is 14.1. The van der Waals surface area contributed by atoms with Crippen LogP contribution in [0.4, 0.5) is 8.78 Å². The van der Waals surface area contributed by atoms with E-state index < -0.39 is 11.6 Å². The number of rotatable bonds is 4. The number of benzene rings is 1. The second-order valence-corrected chi connectivity index (χ2v) is 5.80. The van der Waals surface area contributed by atoms with Crippen molar-refractivity contribution in [3.8, 4) is 5.75 Å². The quantitative estimate of drug-likeness (QED) is 0.890. The van der Waals surface area contributed by atoms with Gasteiger partial charge in [-0.05, 0) is 12.3 Å². The lowest BCUT2D eigenvalue weighted by Gasteiger charge is -2.35. The highest BCUT2D eigenvalue weighted by molar-refractivity contribution is 5.37. The average Bonchev–Trinajstić information content (AvgIpc) is 3.21. The number of aromatic hydroxyl groups is 1. The molecule has 5 heteroatoms. The Morgan fingerprint density at radius 1 is 1.25 bits per heavy atom. The van der Waals surface area contributed by atoms with Crippen molar-refractivity contribution in [1.82, 2.24) is 10.2 Å². The lowest BCUT2D eigenvalue weighted by molar-refractivity contribution is 0.154. The summed E-state index contributed by atoms with van der Waals surface area (Å²) in [4.78, 5) is 2.20. The topological polar surface area (TPSA) is 35.5 Å². The van der Waals surface area contributed by atoms with Crippen molar-refractivity contribution in [2.45, 2.75) is 25.3 Å². The fourth-order valence-corrected chi connectivity index (χ4v) is 3.01. The van der Waals surface area contributed by atoms with E-state index in [4.69, 9.17) is 0 Å². The van der Waals surface area contributed by atoms with Gasteiger partial charge in [0.05, 0.1) is 0 Å². The van der Waals surface area contributed by atoms with E-state index in [-0.39, 0.29) is 17.4 Å². The van der Waals surface area contributed by atoms with Crippen molar-refractivity contribution in [1.29, 1.82) is 0 Å². The molecule has 0 aromatic heterocycles. The van der Waals surface area contributed by atoms with Gasteiger partial charge in [0.25, 0.3) is 0 Å². The Balaban J connectivity index is 1.91. The maximum atomic E-state index is 14.1. The van der Waals surface area contributed by atoms with Crippen LogP contribution >= 0.6 is 0 Å². The van der Waals surface area contributed by atoms with Crippen LogP contribution in [0.1, 0.15) is 30.9 Å². The van der Waals surface area contributed by atoms with Crippen molar-refractivity contribution >= 4 is 0 Å². The van der Waals surface area contributed by atoms with Gasteiger partial charge in [0.1, 0.15) is 17.4 Å². The molecule has 0 spiro atoms. The van der Waals surface area contributed by atoms with Crippen LogP contribution in [0.3, 0.4) is 0 Å². The summed E-state index contributed by atoms with van der Waals surface area (Å²) in [6.07, 6.45) is 3.19. The van der Waals surface area contributed by atoms with Crippen molar-refractivity contribution in [3.63, 3.8) is 0 Å². The maximum absolute atomic E-state index is 14.1. The van der Waals surface area contributed by atoms with Crippen LogP contribution in [-0.4, -0.2) is 36.2 Å². The first-order valence-corrected chi connectivity index (χ1v) is 7.28. The number of nitrogens with one attached hydrogen (secondary N) is 1. The van der Waals surface area contributed by atoms with Crippen LogP contribution in [0.15, 0.2) is 12.1 Å². The van der Waals surface area contributed by atoms with Gasteiger partial charge >= 0.3 is 0 Å². The molecule has 1 aliphatic heterocycles. The summed E-state index contributed by atoms with van der Waals surface area (Å²) in [6, 6.07) is 1.74. The Morgan fingerprint density at radius 3 is 2.55 bits per heavy atom. The summed E-state index contributed by atoms with van der Waals surface area (Å²) < 4.78 is 27.3. The molecule has 0 bridgehead atoms. The third-order valence-corrected chi connectivity index (χ3v) is 4.25. The van der Waals surface area contributed by atoms with Crippen molar-refractivity contribution in [3.05, 3.63) is 29.3 Å². The lowest BCUT2D eigenvalue weighted by atomic mass is 9.97. The van der Waals surface area contributed by atoms with E-state index in [1.807, 2.05) is 0 Å². The van der Waals surface area contributed by atoms with E-state index in [9.17, 15) is 13.9 Å². The van der Waals surface area contributed by atoms with E-state index in [2.05, 4.69) is 10.2 Å². The molecule has 1 aromatic carbocycles. The van der Waals surface area contributed by atoms with Crippen LogP contribution in [-0.2, 0) is 0 Å². The predicted molar refractivity (Wildman–Crippen MR) is 72.5 cm³/mol. The molecule has 1 aromatic rings. The van der Waals surface area contributed by atoms with E-state index >= 15 is 0 Å². The summed E-state index contributed by atoms with van der Waals surface area (Å²) >= 11 is 0. The molecule has 2 N–H and O–H groups in total. The molecular weight excluding hydrogens is 262 g/mol. The average molecular weight is 282 g/mol. The minimum Gasteiger partial charge on any atom is -0.507 e. The van der Waals surface area contributed by atoms with E-state index in [0.717, 1.165) is 44.7 Å². The summed E-state index contributed by atoms with van der Waals surface area (Å²) in [5.41, 5.74) is 0.264. The number of phenols is 1. The zero-order valence-electron chi connectivity index (χ0n) is 11.4. The first kappa shape index (κ1) is 13.8. The van der Waals surface area contributed by atoms with Crippen LogP contribution in [0, 0.1) is 17.6 Å². The number of hydrogen-bond acceptors (Lipinski definition) is 3. The molecule has 1 heterocycles. The van der Waals surface area contributed by atoms with Crippen molar-refractivity contribution in [2.75, 3.05) is 26.2 Å². The van der Waals surface area contributed by atoms with Gasteiger partial charge in [-0.1, -0.05) is 12.8 Å². The molecule has 110 valence electrons. The van der Waals surface area contributed by atoms with Crippen LogP contribution in [0.2, 0.25) is 0 Å². The molecule has 1 saturated carbocycles. The van der Waals surface area contributed by atoms with E-state index in [1.54, 1.807) is 0 Å². The molecule has 3 rings (SSSR count). The number of phenolic OH excluding ortho intramolecular Hbond substituents is 1. The molecular formula is C15H20F2N2O. The summed E-state index contributed by atoms with van der Waals surface area (Å²) in [7, 11) is 0. The molecule has 1 aliphatic carbocycles. The monoisotopic (exact) mass is 282 g/mol. The fourth-order valence-electron chi connectivity index (χ4n) is 3.01. The summed E-state index contributed by atoms with van der Waals surface area (Å²) in [6.45, 7) is 3.39. The van der Waals surface area contributed by atoms with Crippen LogP contribution in [0.25, 0.3) is 0 Å². The van der Waals surface area contributed by atoms with Gasteiger partial charge in [0, 0.05) is 49.9 Å². The highest BCUT2D eigenvalue weighted by Crippen LogP contribution is 2.43. The SMILES string of the molecule is Oc1cc(F)cc(F)c1[C@H](CC1CC1)N1CCNCC1. The summed E-state index contributed by atoms with van der Waals surface area (Å²) in [5, 5.41) is 13.3. The van der Waals surface area contributed by atoms with Gasteiger partial charge in [-0.3, -0.25) is 4.90 Å². The first-order chi connectivity index (χ1) is 9.65. The lowest BCUT2D eigenvalue weighted by Crippen LogP contribution is -2.45. The Labute approximate surface area is 117 Å². The molecule has 0 radical (unpaired) electrons. The zero-order valence-corrected chi connectivity index (χ0v) is 11.4. The predicted octanol–water partition coefficient (Wildman–Crippen LogP) is 2.42. The Bertz CT molecular complexity index is 462. The second kappa shape index (κ2) is 5.66. The minimum atomic E-state index is -0.728. The van der Waals surface area contributed by atoms with Crippen molar-refractivity contribution < 1.29 is 13.9 Å². The molecule has 0 amide bonds. The Morgan fingerprint density at radius 2 is 1.95 bits per heavy atom. The highest BCUT2D eigenvalue weighted by Gasteiger charge is 2.33. The van der Waals surface area contributed by atoms with E-state index in [1.165, 1.54) is 12.8 Å². The van der Waals surface area contributed by atoms with Gasteiger partial charge in [0.15, 0.2) is 0 Å². The summed E-state index contributed by atoms with van der Waals surface area (Å²) in [5.74, 6) is -1.01. The van der Waals surface area contributed by atoms with E-state index in [0.29, 0.717) is 5.92 Å². The van der Waals surface area contributed by atoms with Gasteiger partial charge in [-0.15, -0.1) is 0 Å². The molecule has 1 saturated heterocycles. The van der Waals surface area contributed by atoms with Gasteiger partial charge in [0.2, 0.25) is 0 Å². The fraction of sp³-hybridized carbons (Fsp3) is 0.600. The third-order valence-electron chi connectivity index (χ3n) is 4.25.